The van der Waals surface area contributed by atoms with Crippen LogP contribution < -0.4 is 11.3 Å². The van der Waals surface area contributed by atoms with Crippen LogP contribution in [0.2, 0.25) is 0 Å². The number of benzene rings is 1. The zero-order valence-corrected chi connectivity index (χ0v) is 15.0. The van der Waals surface area contributed by atoms with E-state index in [-0.39, 0.29) is 16.9 Å². The monoisotopic (exact) mass is 379 g/mol. The van der Waals surface area contributed by atoms with E-state index in [2.05, 4.69) is 4.98 Å². The molecule has 0 radical (unpaired) electrons. The van der Waals surface area contributed by atoms with Crippen LogP contribution >= 0.6 is 0 Å². The van der Waals surface area contributed by atoms with Crippen LogP contribution in [0.3, 0.4) is 0 Å². The van der Waals surface area contributed by atoms with Crippen LogP contribution in [0.5, 0.6) is 0 Å². The Balaban J connectivity index is 1.93. The average molecular weight is 379 g/mol. The van der Waals surface area contributed by atoms with E-state index >= 15 is 0 Å². The van der Waals surface area contributed by atoms with Gasteiger partial charge in [0.15, 0.2) is 5.76 Å². The van der Waals surface area contributed by atoms with E-state index in [9.17, 15) is 10.1 Å². The predicted molar refractivity (Wildman–Crippen MR) is 107 cm³/mol. The van der Waals surface area contributed by atoms with Gasteiger partial charge in [0, 0.05) is 29.1 Å². The third-order valence-corrected chi connectivity index (χ3v) is 4.42. The second kappa shape index (κ2) is 7.18. The lowest BCUT2D eigenvalue weighted by molar-refractivity contribution is 0.580. The smallest absolute Gasteiger partial charge is 0.255 e. The molecule has 1 aromatic carbocycles. The summed E-state index contributed by atoms with van der Waals surface area (Å²) in [6.07, 6.45) is 3.18. The highest BCUT2D eigenvalue weighted by Gasteiger charge is 2.16. The van der Waals surface area contributed by atoms with Crippen LogP contribution in [0, 0.1) is 22.7 Å². The molecule has 0 bridgehead atoms. The second-order valence-corrected chi connectivity index (χ2v) is 6.19. The third kappa shape index (κ3) is 3.25. The minimum atomic E-state index is -0.234. The summed E-state index contributed by atoms with van der Waals surface area (Å²) in [6, 6.07) is 18.9. The zero-order chi connectivity index (χ0) is 20.4. The summed E-state index contributed by atoms with van der Waals surface area (Å²) in [5.74, 6) is 0.593. The van der Waals surface area contributed by atoms with Gasteiger partial charge in [-0.05, 0) is 48.5 Å². The van der Waals surface area contributed by atoms with Crippen molar-refractivity contribution in [2.75, 3.05) is 5.73 Å². The molecule has 4 aromatic rings. The molecule has 0 saturated heterocycles. The first kappa shape index (κ1) is 17.8. The zero-order valence-electron chi connectivity index (χ0n) is 15.0. The van der Waals surface area contributed by atoms with E-state index in [0.29, 0.717) is 33.8 Å². The van der Waals surface area contributed by atoms with E-state index in [4.69, 9.17) is 15.4 Å². The van der Waals surface area contributed by atoms with Gasteiger partial charge in [0.1, 0.15) is 17.6 Å². The van der Waals surface area contributed by atoms with Gasteiger partial charge in [-0.1, -0.05) is 0 Å². The molecule has 2 N–H and O–H groups in total. The van der Waals surface area contributed by atoms with Crippen molar-refractivity contribution < 1.29 is 4.42 Å². The summed E-state index contributed by atoms with van der Waals surface area (Å²) in [6.45, 7) is 0. The molecule has 138 valence electrons. The van der Waals surface area contributed by atoms with Crippen molar-refractivity contribution in [3.63, 3.8) is 0 Å². The quantitative estimate of drug-likeness (QED) is 0.581. The highest BCUT2D eigenvalue weighted by atomic mass is 16.3. The summed E-state index contributed by atoms with van der Waals surface area (Å²) in [5.41, 5.74) is 8.73. The number of nitrogens with zero attached hydrogens (tertiary/aromatic N) is 4. The van der Waals surface area contributed by atoms with Crippen molar-refractivity contribution >= 4 is 5.82 Å². The molecule has 0 amide bonds. The highest BCUT2D eigenvalue weighted by molar-refractivity contribution is 5.81. The highest BCUT2D eigenvalue weighted by Crippen LogP contribution is 2.33. The summed E-state index contributed by atoms with van der Waals surface area (Å²) < 4.78 is 6.94. The second-order valence-electron chi connectivity index (χ2n) is 6.19. The Hall–Kier alpha value is -4.62. The first-order valence-corrected chi connectivity index (χ1v) is 8.59. The molecule has 0 unspecified atom stereocenters. The summed E-state index contributed by atoms with van der Waals surface area (Å²) in [5, 5.41) is 18.3. The first-order valence-electron chi connectivity index (χ1n) is 8.59. The third-order valence-electron chi connectivity index (χ3n) is 4.42. The van der Waals surface area contributed by atoms with Crippen LogP contribution in [0.1, 0.15) is 11.1 Å². The minimum absolute atomic E-state index is 0.100. The molecule has 0 aliphatic carbocycles. The van der Waals surface area contributed by atoms with Crippen molar-refractivity contribution in [3.05, 3.63) is 88.5 Å². The Morgan fingerprint density at radius 2 is 1.83 bits per heavy atom. The maximum atomic E-state index is 12.4. The number of anilines is 1. The van der Waals surface area contributed by atoms with Gasteiger partial charge in [-0.15, -0.1) is 0 Å². The molecule has 3 aromatic heterocycles. The van der Waals surface area contributed by atoms with E-state index in [0.717, 1.165) is 0 Å². The maximum absolute atomic E-state index is 12.4. The van der Waals surface area contributed by atoms with Gasteiger partial charge >= 0.3 is 0 Å². The number of hydrogen-bond donors (Lipinski definition) is 1. The van der Waals surface area contributed by atoms with Crippen LogP contribution in [0.15, 0.2) is 76.3 Å². The van der Waals surface area contributed by atoms with Crippen molar-refractivity contribution in [1.82, 2.24) is 9.55 Å². The molecule has 0 atom stereocenters. The molecular weight excluding hydrogens is 366 g/mol. The van der Waals surface area contributed by atoms with E-state index < -0.39 is 0 Å². The Kier molecular flexibility index (Phi) is 4.40. The van der Waals surface area contributed by atoms with E-state index in [1.54, 1.807) is 54.7 Å². The lowest BCUT2D eigenvalue weighted by atomic mass is 10.0. The average Bonchev–Trinajstić information content (AvgIpc) is 3.29. The van der Waals surface area contributed by atoms with Crippen molar-refractivity contribution in [1.29, 1.82) is 10.5 Å². The Labute approximate surface area is 165 Å². The van der Waals surface area contributed by atoms with Gasteiger partial charge in [0.25, 0.3) is 5.56 Å². The van der Waals surface area contributed by atoms with Gasteiger partial charge in [0.2, 0.25) is 0 Å². The van der Waals surface area contributed by atoms with Crippen molar-refractivity contribution in [3.8, 4) is 40.4 Å². The first-order chi connectivity index (χ1) is 14.1. The molecule has 4 rings (SSSR count). The lowest BCUT2D eigenvalue weighted by Crippen LogP contribution is -2.16. The molecule has 29 heavy (non-hydrogen) atoms. The lowest BCUT2D eigenvalue weighted by Gasteiger charge is -2.12. The van der Waals surface area contributed by atoms with Gasteiger partial charge in [-0.2, -0.15) is 10.5 Å². The number of pyridine rings is 2. The Bertz CT molecular complexity index is 1340. The molecular formula is C22H13N5O2. The molecule has 0 aliphatic rings. The van der Waals surface area contributed by atoms with E-state index in [1.807, 2.05) is 12.1 Å². The van der Waals surface area contributed by atoms with Crippen LogP contribution in [-0.4, -0.2) is 9.55 Å². The predicted octanol–water partition coefficient (Wildman–Crippen LogP) is 3.49. The van der Waals surface area contributed by atoms with Crippen LogP contribution in [0.25, 0.3) is 28.3 Å². The maximum Gasteiger partial charge on any atom is 0.255 e. The van der Waals surface area contributed by atoms with Crippen LogP contribution in [-0.2, 0) is 0 Å². The number of nitrogen functional groups attached to an aromatic ring is 1. The number of rotatable bonds is 3. The van der Waals surface area contributed by atoms with Crippen LogP contribution in [0.4, 0.5) is 5.82 Å². The fourth-order valence-corrected chi connectivity index (χ4v) is 2.98. The van der Waals surface area contributed by atoms with Gasteiger partial charge in [-0.25, -0.2) is 4.98 Å². The normalized spacial score (nSPS) is 10.3. The van der Waals surface area contributed by atoms with Crippen molar-refractivity contribution in [2.45, 2.75) is 0 Å². The SMILES string of the molecule is N#Cc1ccc(-n2cc(-c3cc(C#N)c(N)nc3-c3ccco3)ccc2=O)cc1. The van der Waals surface area contributed by atoms with Crippen molar-refractivity contribution in [2.24, 2.45) is 0 Å². The topological polar surface area (TPSA) is 122 Å². The molecule has 0 saturated carbocycles. The summed E-state index contributed by atoms with van der Waals surface area (Å²) in [7, 11) is 0. The van der Waals surface area contributed by atoms with Gasteiger partial charge in [-0.3, -0.25) is 9.36 Å². The standard InChI is InChI=1S/C22H13N5O2/c23-11-14-3-6-17(7-4-14)27-13-15(5-8-20(27)28)18-10-16(12-24)22(25)26-21(18)19-2-1-9-29-19/h1-10,13H,(H2,25,26). The molecule has 3 heterocycles. The number of hydrogen-bond acceptors (Lipinski definition) is 6. The number of furan rings is 1. The van der Waals surface area contributed by atoms with E-state index in [1.165, 1.54) is 16.9 Å². The summed E-state index contributed by atoms with van der Waals surface area (Å²) >= 11 is 0. The molecule has 0 spiro atoms. The molecule has 0 aliphatic heterocycles. The fourth-order valence-electron chi connectivity index (χ4n) is 2.98. The molecule has 7 nitrogen and oxygen atoms in total. The molecule has 0 fully saturated rings. The van der Waals surface area contributed by atoms with Gasteiger partial charge in [0.05, 0.1) is 23.5 Å². The van der Waals surface area contributed by atoms with Gasteiger partial charge < -0.3 is 10.2 Å². The Morgan fingerprint density at radius 1 is 1.03 bits per heavy atom. The minimum Gasteiger partial charge on any atom is -0.463 e. The fraction of sp³-hybridized carbons (Fsp3) is 0. The summed E-state index contributed by atoms with van der Waals surface area (Å²) in [4.78, 5) is 16.8. The number of aromatic nitrogens is 2. The Morgan fingerprint density at radius 3 is 2.48 bits per heavy atom. The molecule has 7 heteroatoms. The number of nitriles is 2. The largest absolute Gasteiger partial charge is 0.463 e. The number of nitrogens with two attached hydrogens (primary N) is 1.